The zero-order chi connectivity index (χ0) is 19.1. The Morgan fingerprint density at radius 2 is 0.640 bits per heavy atom. The molecule has 0 atom stereocenters. The Labute approximate surface area is 161 Å². The Hall–Kier alpha value is 0.310. The van der Waals surface area contributed by atoms with Crippen LogP contribution in [0.15, 0.2) is 0 Å². The van der Waals surface area contributed by atoms with Gasteiger partial charge in [0.15, 0.2) is 0 Å². The first-order valence-electron chi connectivity index (χ1n) is 11.3. The minimum atomic E-state index is -1.43. The summed E-state index contributed by atoms with van der Waals surface area (Å²) in [6, 6.07) is 0. The van der Waals surface area contributed by atoms with Crippen molar-refractivity contribution in [3.8, 4) is 0 Å². The van der Waals surface area contributed by atoms with Gasteiger partial charge >= 0.3 is 0 Å². The van der Waals surface area contributed by atoms with E-state index in [0.717, 1.165) is 0 Å². The molecule has 0 saturated carbocycles. The van der Waals surface area contributed by atoms with Gasteiger partial charge in [0.25, 0.3) is 0 Å². The Kier molecular flexibility index (Phi) is 15.6. The Balaban J connectivity index is 6.15. The lowest BCUT2D eigenvalue weighted by atomic mass is 10.4. The quantitative estimate of drug-likeness (QED) is 0.268. The maximum absolute atomic E-state index is 2.95. The molecule has 0 aliphatic rings. The van der Waals surface area contributed by atoms with E-state index >= 15 is 0 Å². The Morgan fingerprint density at radius 1 is 0.400 bits per heavy atom. The molecule has 0 bridgehead atoms. The molecule has 0 N–H and O–H groups in total. The molecule has 3 nitrogen and oxygen atoms in total. The summed E-state index contributed by atoms with van der Waals surface area (Å²) in [5.41, 5.74) is 0. The zero-order valence-electron chi connectivity index (χ0n) is 18.7. The van der Waals surface area contributed by atoms with Crippen molar-refractivity contribution in [2.75, 3.05) is 45.4 Å². The van der Waals surface area contributed by atoms with E-state index in [1.165, 1.54) is 90.4 Å². The highest BCUT2D eigenvalue weighted by Crippen LogP contribution is 2.68. The van der Waals surface area contributed by atoms with Gasteiger partial charge in [-0.05, 0) is 44.9 Å². The summed E-state index contributed by atoms with van der Waals surface area (Å²) < 4.78 is 8.85. The van der Waals surface area contributed by atoms with E-state index in [4.69, 9.17) is 0 Å². The molecule has 0 saturated heterocycles. The highest BCUT2D eigenvalue weighted by atomic mass is 31.2. The predicted molar refractivity (Wildman–Crippen MR) is 119 cm³/mol. The molecule has 0 aliphatic heterocycles. The van der Waals surface area contributed by atoms with E-state index in [1.54, 1.807) is 0 Å². The zero-order valence-corrected chi connectivity index (χ0v) is 19.6. The molecule has 0 spiro atoms. The molecule has 0 amide bonds. The van der Waals surface area contributed by atoms with Crippen molar-refractivity contribution in [3.05, 3.63) is 0 Å². The van der Waals surface area contributed by atoms with Crippen molar-refractivity contribution in [2.45, 2.75) is 93.4 Å². The second kappa shape index (κ2) is 15.4. The molecule has 0 heterocycles. The maximum atomic E-state index is 2.95. The van der Waals surface area contributed by atoms with Crippen molar-refractivity contribution >= 4 is 7.71 Å². The molecule has 0 aliphatic carbocycles. The monoisotopic (exact) mass is 374 g/mol. The third-order valence-electron chi connectivity index (χ3n) is 4.77. The van der Waals surface area contributed by atoms with E-state index in [1.807, 2.05) is 0 Å². The summed E-state index contributed by atoms with van der Waals surface area (Å²) in [5, 5.41) is 0. The molecule has 0 rings (SSSR count). The molecule has 152 valence electrons. The van der Waals surface area contributed by atoms with Crippen molar-refractivity contribution in [3.63, 3.8) is 0 Å². The van der Waals surface area contributed by atoms with Crippen LogP contribution in [0.4, 0.5) is 0 Å². The smallest absolute Gasteiger partial charge is 0.148 e. The van der Waals surface area contributed by atoms with E-state index in [2.05, 4.69) is 62.5 Å². The summed E-state index contributed by atoms with van der Waals surface area (Å²) in [5.74, 6) is 0. The normalized spacial score (nSPS) is 12.7. The molecule has 0 radical (unpaired) electrons. The van der Waals surface area contributed by atoms with Crippen LogP contribution in [0.1, 0.15) is 93.4 Å². The van der Waals surface area contributed by atoms with Crippen LogP contribution in [0.2, 0.25) is 0 Å². The van der Waals surface area contributed by atoms with Crippen LogP contribution in [0.25, 0.3) is 0 Å². The van der Waals surface area contributed by atoms with Gasteiger partial charge in [-0.3, -0.25) is 0 Å². The van der Waals surface area contributed by atoms with Crippen LogP contribution in [-0.2, 0) is 0 Å². The van der Waals surface area contributed by atoms with Gasteiger partial charge in [0.1, 0.15) is 6.16 Å². The fraction of sp³-hybridized carbons (Fsp3) is 1.00. The molecule has 0 aromatic carbocycles. The Morgan fingerprint density at radius 3 is 0.800 bits per heavy atom. The lowest BCUT2D eigenvalue weighted by molar-refractivity contribution is 0.292. The fourth-order valence-corrected chi connectivity index (χ4v) is 9.75. The van der Waals surface area contributed by atoms with E-state index in [0.29, 0.717) is 0 Å². The fourth-order valence-electron chi connectivity index (χ4n) is 4.11. The third-order valence-corrected chi connectivity index (χ3v) is 9.74. The third kappa shape index (κ3) is 7.45. The van der Waals surface area contributed by atoms with Gasteiger partial charge in [-0.2, -0.15) is 0 Å². The number of hydrogen-bond donors (Lipinski definition) is 0. The topological polar surface area (TPSA) is 9.72 Å². The van der Waals surface area contributed by atoms with Gasteiger partial charge < -0.3 is 0 Å². The maximum Gasteiger partial charge on any atom is 0.227 e. The van der Waals surface area contributed by atoms with E-state index in [-0.39, 0.29) is 0 Å². The second-order valence-corrected chi connectivity index (χ2v) is 10.8. The largest absolute Gasteiger partial charge is 0.227 e. The van der Waals surface area contributed by atoms with Gasteiger partial charge in [0, 0.05) is 39.3 Å². The number of hydrogen-bond acceptors (Lipinski definition) is 3. The predicted octanol–water partition coefficient (Wildman–Crippen LogP) is 6.53. The number of rotatable bonds is 17. The molecule has 0 fully saturated rings. The van der Waals surface area contributed by atoms with Crippen molar-refractivity contribution in [2.24, 2.45) is 0 Å². The summed E-state index contributed by atoms with van der Waals surface area (Å²) in [6.07, 6.45) is 10.3. The van der Waals surface area contributed by atoms with Crippen LogP contribution in [0.5, 0.6) is 0 Å². The standard InChI is InChI=1S/C21H49N3P/c1-8-15-22(16-9-2)25(21-14-7,23(17-10-3)18-11-4)24(19-12-5)20-13-6/h8-21H2,1-7H3/q+1. The van der Waals surface area contributed by atoms with Gasteiger partial charge in [0.05, 0.1) is 0 Å². The van der Waals surface area contributed by atoms with Crippen LogP contribution >= 0.6 is 7.71 Å². The second-order valence-electron chi connectivity index (χ2n) is 7.28. The summed E-state index contributed by atoms with van der Waals surface area (Å²) in [4.78, 5) is 0. The first kappa shape index (κ1) is 25.3. The van der Waals surface area contributed by atoms with Crippen molar-refractivity contribution in [1.82, 2.24) is 14.0 Å². The summed E-state index contributed by atoms with van der Waals surface area (Å²) >= 11 is 0. The van der Waals surface area contributed by atoms with Gasteiger partial charge in [-0.15, -0.1) is 14.0 Å². The van der Waals surface area contributed by atoms with Crippen LogP contribution in [0, 0.1) is 0 Å². The van der Waals surface area contributed by atoms with Crippen LogP contribution in [0.3, 0.4) is 0 Å². The van der Waals surface area contributed by atoms with Crippen LogP contribution in [-0.4, -0.2) is 59.4 Å². The molecule has 0 aromatic rings. The SMILES string of the molecule is CCCN(CCC)[P+](CCC)(N(CCC)CCC)N(CCC)CCC. The molecular weight excluding hydrogens is 325 g/mol. The van der Waals surface area contributed by atoms with Crippen LogP contribution < -0.4 is 0 Å². The highest BCUT2D eigenvalue weighted by molar-refractivity contribution is 7.69. The summed E-state index contributed by atoms with van der Waals surface area (Å²) in [7, 11) is -1.43. The average Bonchev–Trinajstić information content (AvgIpc) is 2.59. The molecular formula is C21H49N3P+. The van der Waals surface area contributed by atoms with Gasteiger partial charge in [-0.25, -0.2) is 0 Å². The summed E-state index contributed by atoms with van der Waals surface area (Å²) in [6.45, 7) is 24.1. The molecule has 0 unspecified atom stereocenters. The lowest BCUT2D eigenvalue weighted by Gasteiger charge is -2.48. The minimum Gasteiger partial charge on any atom is -0.148 e. The first-order chi connectivity index (χ1) is 12.1. The van der Waals surface area contributed by atoms with E-state index < -0.39 is 7.71 Å². The first-order valence-corrected chi connectivity index (χ1v) is 13.1. The lowest BCUT2D eigenvalue weighted by Crippen LogP contribution is -2.48. The minimum absolute atomic E-state index is 1.26. The molecule has 4 heteroatoms. The average molecular weight is 375 g/mol. The van der Waals surface area contributed by atoms with Gasteiger partial charge in [0.2, 0.25) is 7.71 Å². The van der Waals surface area contributed by atoms with Gasteiger partial charge in [-0.1, -0.05) is 48.5 Å². The number of nitrogens with zero attached hydrogens (tertiary/aromatic N) is 3. The molecule has 25 heavy (non-hydrogen) atoms. The van der Waals surface area contributed by atoms with E-state index in [9.17, 15) is 0 Å². The van der Waals surface area contributed by atoms with Crippen molar-refractivity contribution in [1.29, 1.82) is 0 Å². The molecule has 0 aromatic heterocycles. The highest BCUT2D eigenvalue weighted by Gasteiger charge is 2.53. The van der Waals surface area contributed by atoms with Crippen molar-refractivity contribution < 1.29 is 0 Å². The Bertz CT molecular complexity index is 240.